The summed E-state index contributed by atoms with van der Waals surface area (Å²) in [5, 5.41) is 0. The van der Waals surface area contributed by atoms with Crippen molar-refractivity contribution < 1.29 is 18.3 Å². The number of methoxy groups -OCH3 is 1. The van der Waals surface area contributed by atoms with Crippen molar-refractivity contribution in [2.24, 2.45) is 0 Å². The summed E-state index contributed by atoms with van der Waals surface area (Å²) in [5.41, 5.74) is 1.04. The monoisotopic (exact) mass is 427 g/mol. The van der Waals surface area contributed by atoms with Gasteiger partial charge in [0.1, 0.15) is 17.5 Å². The summed E-state index contributed by atoms with van der Waals surface area (Å²) >= 11 is 0. The molecule has 31 heavy (non-hydrogen) atoms. The van der Waals surface area contributed by atoms with Crippen LogP contribution in [0.3, 0.4) is 0 Å². The molecular formula is C24H27F2N3O2. The Morgan fingerprint density at radius 2 is 1.81 bits per heavy atom. The number of benzene rings is 1. The summed E-state index contributed by atoms with van der Waals surface area (Å²) in [6.07, 6.45) is 5.02. The molecule has 2 aromatic heterocycles. The summed E-state index contributed by atoms with van der Waals surface area (Å²) < 4.78 is 41.6. The van der Waals surface area contributed by atoms with Gasteiger partial charge in [-0.25, -0.2) is 18.7 Å². The molecule has 0 aliphatic carbocycles. The number of rotatable bonds is 4. The van der Waals surface area contributed by atoms with Crippen LogP contribution in [0.15, 0.2) is 42.7 Å². The zero-order chi connectivity index (χ0) is 22.4. The highest BCUT2D eigenvalue weighted by Gasteiger charge is 2.41. The second-order valence-corrected chi connectivity index (χ2v) is 9.24. The molecule has 0 bridgehead atoms. The quantitative estimate of drug-likeness (QED) is 0.538. The summed E-state index contributed by atoms with van der Waals surface area (Å²) in [6, 6.07) is 7.13. The van der Waals surface area contributed by atoms with E-state index in [1.54, 1.807) is 16.8 Å². The topological polar surface area (TPSA) is 49.2 Å². The third-order valence-electron chi connectivity index (χ3n) is 5.55. The summed E-state index contributed by atoms with van der Waals surface area (Å²) in [5.74, 6) is -0.302. The first-order valence-electron chi connectivity index (χ1n) is 10.3. The number of pyridine rings is 1. The average Bonchev–Trinajstić information content (AvgIpc) is 3.10. The maximum atomic E-state index is 14.8. The minimum Gasteiger partial charge on any atom is -0.480 e. The van der Waals surface area contributed by atoms with E-state index >= 15 is 0 Å². The fourth-order valence-electron chi connectivity index (χ4n) is 4.67. The highest BCUT2D eigenvalue weighted by Crippen LogP contribution is 2.44. The lowest BCUT2D eigenvalue weighted by Crippen LogP contribution is -2.44. The molecule has 0 spiro atoms. The molecule has 0 radical (unpaired) electrons. The minimum atomic E-state index is -0.666. The predicted octanol–water partition coefficient (Wildman–Crippen LogP) is 5.67. The van der Waals surface area contributed by atoms with Gasteiger partial charge in [-0.2, -0.15) is 0 Å². The van der Waals surface area contributed by atoms with Crippen molar-refractivity contribution >= 4 is 0 Å². The van der Waals surface area contributed by atoms with E-state index in [2.05, 4.69) is 32.7 Å². The van der Waals surface area contributed by atoms with Crippen molar-refractivity contribution in [3.05, 3.63) is 60.1 Å². The molecule has 5 nitrogen and oxygen atoms in total. The SMILES string of the molecule is COc1ncccc1-c1nc(C2CC(C)(C)OC(C)(C)C2)cn1-c1ccc(F)cc1F. The Balaban J connectivity index is 1.89. The van der Waals surface area contributed by atoms with Gasteiger partial charge in [0.15, 0.2) is 0 Å². The van der Waals surface area contributed by atoms with Gasteiger partial charge >= 0.3 is 0 Å². The van der Waals surface area contributed by atoms with Gasteiger partial charge in [-0.1, -0.05) is 0 Å². The molecule has 0 atom stereocenters. The first kappa shape index (κ1) is 21.4. The van der Waals surface area contributed by atoms with Crippen LogP contribution in [0.25, 0.3) is 17.1 Å². The Labute approximate surface area is 181 Å². The van der Waals surface area contributed by atoms with E-state index in [0.29, 0.717) is 17.3 Å². The maximum absolute atomic E-state index is 14.8. The molecule has 0 N–H and O–H groups in total. The molecule has 0 unspecified atom stereocenters. The van der Waals surface area contributed by atoms with Crippen molar-refractivity contribution in [1.82, 2.24) is 14.5 Å². The van der Waals surface area contributed by atoms with E-state index in [-0.39, 0.29) is 22.8 Å². The molecule has 3 aromatic rings. The summed E-state index contributed by atoms with van der Waals surface area (Å²) in [7, 11) is 1.53. The fraction of sp³-hybridized carbons (Fsp3) is 0.417. The van der Waals surface area contributed by atoms with Gasteiger partial charge in [0.25, 0.3) is 0 Å². The average molecular weight is 427 g/mol. The number of hydrogen-bond donors (Lipinski definition) is 0. The standard InChI is InChI=1S/C24H27F2N3O2/c1-23(2)12-15(13-24(3,4)31-23)19-14-29(20-9-8-16(25)11-18(20)26)21(28-19)17-7-6-10-27-22(17)30-5/h6-11,14-15H,12-13H2,1-5H3. The summed E-state index contributed by atoms with van der Waals surface area (Å²) in [6.45, 7) is 8.29. The number of imidazole rings is 1. The normalized spacial score (nSPS) is 18.2. The number of halogens is 2. The van der Waals surface area contributed by atoms with Crippen molar-refractivity contribution in [3.8, 4) is 23.0 Å². The molecule has 0 saturated carbocycles. The smallest absolute Gasteiger partial charge is 0.224 e. The fourth-order valence-corrected chi connectivity index (χ4v) is 4.67. The van der Waals surface area contributed by atoms with E-state index in [9.17, 15) is 8.78 Å². The van der Waals surface area contributed by atoms with Gasteiger partial charge in [0.2, 0.25) is 5.88 Å². The second kappa shape index (κ2) is 7.71. The highest BCUT2D eigenvalue weighted by molar-refractivity contribution is 5.65. The Hall–Kier alpha value is -2.80. The molecule has 164 valence electrons. The van der Waals surface area contributed by atoms with Gasteiger partial charge < -0.3 is 9.47 Å². The van der Waals surface area contributed by atoms with Crippen LogP contribution in [0.1, 0.15) is 52.1 Å². The largest absolute Gasteiger partial charge is 0.480 e. The van der Waals surface area contributed by atoms with Gasteiger partial charge in [-0.05, 0) is 64.8 Å². The zero-order valence-electron chi connectivity index (χ0n) is 18.4. The van der Waals surface area contributed by atoms with Crippen molar-refractivity contribution in [2.75, 3.05) is 7.11 Å². The van der Waals surface area contributed by atoms with E-state index < -0.39 is 11.6 Å². The lowest BCUT2D eigenvalue weighted by Gasteiger charge is -2.45. The number of ether oxygens (including phenoxy) is 2. The third-order valence-corrected chi connectivity index (χ3v) is 5.55. The summed E-state index contributed by atoms with van der Waals surface area (Å²) in [4.78, 5) is 9.17. The van der Waals surface area contributed by atoms with Crippen LogP contribution in [0.2, 0.25) is 0 Å². The van der Waals surface area contributed by atoms with E-state index in [1.165, 1.54) is 19.2 Å². The number of aromatic nitrogens is 3. The predicted molar refractivity (Wildman–Crippen MR) is 114 cm³/mol. The lowest BCUT2D eigenvalue weighted by atomic mass is 9.79. The van der Waals surface area contributed by atoms with E-state index in [1.807, 2.05) is 12.3 Å². The van der Waals surface area contributed by atoms with Crippen molar-refractivity contribution in [3.63, 3.8) is 0 Å². The second-order valence-electron chi connectivity index (χ2n) is 9.24. The molecule has 0 amide bonds. The Morgan fingerprint density at radius 3 is 2.45 bits per heavy atom. The van der Waals surface area contributed by atoms with Gasteiger partial charge in [-0.15, -0.1) is 0 Å². The molecular weight excluding hydrogens is 400 g/mol. The first-order valence-corrected chi connectivity index (χ1v) is 10.3. The van der Waals surface area contributed by atoms with Crippen molar-refractivity contribution in [1.29, 1.82) is 0 Å². The maximum Gasteiger partial charge on any atom is 0.224 e. The van der Waals surface area contributed by atoms with Crippen LogP contribution in [0.4, 0.5) is 8.78 Å². The Bertz CT molecular complexity index is 1090. The van der Waals surface area contributed by atoms with Gasteiger partial charge in [-0.3, -0.25) is 4.57 Å². The first-order chi connectivity index (χ1) is 14.6. The number of hydrogen-bond acceptors (Lipinski definition) is 4. The van der Waals surface area contributed by atoms with Crippen LogP contribution in [-0.4, -0.2) is 32.8 Å². The lowest BCUT2D eigenvalue weighted by molar-refractivity contribution is -0.162. The Kier molecular flexibility index (Phi) is 5.33. The number of nitrogens with zero attached hydrogens (tertiary/aromatic N) is 3. The van der Waals surface area contributed by atoms with Crippen LogP contribution >= 0.6 is 0 Å². The van der Waals surface area contributed by atoms with Crippen LogP contribution in [0.5, 0.6) is 5.88 Å². The van der Waals surface area contributed by atoms with E-state index in [0.717, 1.165) is 24.6 Å². The Morgan fingerprint density at radius 1 is 1.10 bits per heavy atom. The molecule has 1 aromatic carbocycles. The van der Waals surface area contributed by atoms with Crippen LogP contribution in [0, 0.1) is 11.6 Å². The molecule has 1 aliphatic rings. The molecule has 1 saturated heterocycles. The molecule has 4 rings (SSSR count). The molecule has 3 heterocycles. The van der Waals surface area contributed by atoms with Crippen LogP contribution < -0.4 is 4.74 Å². The highest BCUT2D eigenvalue weighted by atomic mass is 19.1. The van der Waals surface area contributed by atoms with Gasteiger partial charge in [0, 0.05) is 24.4 Å². The van der Waals surface area contributed by atoms with Crippen LogP contribution in [-0.2, 0) is 4.74 Å². The van der Waals surface area contributed by atoms with Gasteiger partial charge in [0.05, 0.1) is 35.3 Å². The molecule has 7 heteroatoms. The van der Waals surface area contributed by atoms with Crippen molar-refractivity contribution in [2.45, 2.75) is 57.7 Å². The minimum absolute atomic E-state index is 0.116. The third kappa shape index (κ3) is 4.32. The molecule has 1 aliphatic heterocycles. The zero-order valence-corrected chi connectivity index (χ0v) is 18.4. The van der Waals surface area contributed by atoms with E-state index in [4.69, 9.17) is 14.5 Å². The molecule has 1 fully saturated rings.